The Morgan fingerprint density at radius 2 is 1.66 bits per heavy atom. The number of hydrogen-bond donors (Lipinski definition) is 0. The molecule has 1 saturated heterocycles. The molecule has 1 heterocycles. The Balaban J connectivity index is 1.60. The smallest absolute Gasteiger partial charge is 0.298 e. The predicted molar refractivity (Wildman–Crippen MR) is 136 cm³/mol. The topological polar surface area (TPSA) is 55.8 Å². The average Bonchev–Trinajstić information content (AvgIpc) is 3.07. The van der Waals surface area contributed by atoms with Gasteiger partial charge in [-0.1, -0.05) is 48.5 Å². The number of nitrogens with zero attached hydrogens (tertiary/aromatic N) is 1. The highest BCUT2D eigenvalue weighted by Crippen LogP contribution is 2.39. The van der Waals surface area contributed by atoms with Crippen LogP contribution in [-0.4, -0.2) is 17.8 Å². The minimum Gasteiger partial charge on any atom is -0.490 e. The Morgan fingerprint density at radius 1 is 0.969 bits per heavy atom. The van der Waals surface area contributed by atoms with Crippen LogP contribution in [0, 0.1) is 3.57 Å². The molecule has 3 aromatic carbocycles. The minimum absolute atomic E-state index is 0.310. The number of para-hydroxylation sites is 1. The van der Waals surface area contributed by atoms with Crippen molar-refractivity contribution in [1.82, 2.24) is 0 Å². The first-order valence-corrected chi connectivity index (χ1v) is 11.9. The van der Waals surface area contributed by atoms with Gasteiger partial charge in [-0.15, -0.1) is 0 Å². The summed E-state index contributed by atoms with van der Waals surface area (Å²) in [6.45, 7) is 2.81. The van der Waals surface area contributed by atoms with Crippen molar-refractivity contribution >= 4 is 57.3 Å². The minimum atomic E-state index is -0.330. The van der Waals surface area contributed by atoms with E-state index in [4.69, 9.17) is 9.47 Å². The molecule has 0 N–H and O–H groups in total. The van der Waals surface area contributed by atoms with Gasteiger partial charge in [0.15, 0.2) is 11.5 Å². The van der Waals surface area contributed by atoms with E-state index in [2.05, 4.69) is 22.6 Å². The number of hydrogen-bond acceptors (Lipinski definition) is 5. The van der Waals surface area contributed by atoms with Gasteiger partial charge in [-0.25, -0.2) is 4.90 Å². The van der Waals surface area contributed by atoms with E-state index >= 15 is 0 Å². The molecule has 0 bridgehead atoms. The molecule has 32 heavy (non-hydrogen) atoms. The van der Waals surface area contributed by atoms with E-state index in [1.165, 1.54) is 4.90 Å². The predicted octanol–water partition coefficient (Wildman–Crippen LogP) is 6.51. The van der Waals surface area contributed by atoms with E-state index in [1.807, 2.05) is 55.5 Å². The summed E-state index contributed by atoms with van der Waals surface area (Å²) in [5.74, 6) is 0.929. The van der Waals surface area contributed by atoms with Crippen molar-refractivity contribution in [3.63, 3.8) is 0 Å². The first-order chi connectivity index (χ1) is 15.6. The summed E-state index contributed by atoms with van der Waals surface area (Å²) in [5, 5.41) is -0.310. The molecule has 0 atom stereocenters. The third-order valence-electron chi connectivity index (χ3n) is 4.66. The summed E-state index contributed by atoms with van der Waals surface area (Å²) in [4.78, 5) is 26.9. The third-order valence-corrected chi connectivity index (χ3v) is 6.33. The quantitative estimate of drug-likeness (QED) is 0.245. The van der Waals surface area contributed by atoms with Crippen LogP contribution in [0.5, 0.6) is 11.5 Å². The summed E-state index contributed by atoms with van der Waals surface area (Å²) in [6.07, 6.45) is 1.72. The van der Waals surface area contributed by atoms with Gasteiger partial charge in [0.05, 0.1) is 20.8 Å². The number of carbonyl (C=O) groups is 2. The number of halogens is 1. The maximum absolute atomic E-state index is 12.9. The Labute approximate surface area is 204 Å². The van der Waals surface area contributed by atoms with Crippen LogP contribution in [0.1, 0.15) is 18.1 Å². The second-order valence-corrected chi connectivity index (χ2v) is 9.05. The summed E-state index contributed by atoms with van der Waals surface area (Å²) in [6, 6.07) is 22.6. The first-order valence-electron chi connectivity index (χ1n) is 10.0. The van der Waals surface area contributed by atoms with Crippen LogP contribution < -0.4 is 14.4 Å². The fourth-order valence-electron chi connectivity index (χ4n) is 3.22. The number of imide groups is 1. The van der Waals surface area contributed by atoms with Crippen molar-refractivity contribution in [2.24, 2.45) is 0 Å². The summed E-state index contributed by atoms with van der Waals surface area (Å²) < 4.78 is 12.7. The molecular formula is C25H20INO4S. The van der Waals surface area contributed by atoms with E-state index in [0.717, 1.165) is 26.5 Å². The zero-order chi connectivity index (χ0) is 22.5. The zero-order valence-electron chi connectivity index (χ0n) is 17.3. The number of carbonyl (C=O) groups excluding carboxylic acids is 2. The Hall–Kier alpha value is -2.78. The molecule has 3 aromatic rings. The van der Waals surface area contributed by atoms with Gasteiger partial charge >= 0.3 is 0 Å². The van der Waals surface area contributed by atoms with Crippen molar-refractivity contribution in [3.05, 3.63) is 92.4 Å². The van der Waals surface area contributed by atoms with Gasteiger partial charge in [-0.05, 0) is 82.7 Å². The van der Waals surface area contributed by atoms with Gasteiger partial charge in [0.1, 0.15) is 6.61 Å². The van der Waals surface area contributed by atoms with Crippen LogP contribution in [0.15, 0.2) is 77.7 Å². The fraction of sp³-hybridized carbons (Fsp3) is 0.120. The lowest BCUT2D eigenvalue weighted by molar-refractivity contribution is -0.113. The summed E-state index contributed by atoms with van der Waals surface area (Å²) >= 11 is 3.13. The molecule has 7 heteroatoms. The van der Waals surface area contributed by atoms with Gasteiger partial charge < -0.3 is 9.47 Å². The number of anilines is 1. The zero-order valence-corrected chi connectivity index (χ0v) is 20.3. The van der Waals surface area contributed by atoms with Crippen LogP contribution in [0.4, 0.5) is 10.5 Å². The number of ether oxygens (including phenoxy) is 2. The molecule has 2 amide bonds. The van der Waals surface area contributed by atoms with Crippen molar-refractivity contribution in [2.75, 3.05) is 11.5 Å². The Kier molecular flexibility index (Phi) is 7.16. The van der Waals surface area contributed by atoms with E-state index in [1.54, 1.807) is 30.3 Å². The van der Waals surface area contributed by atoms with Gasteiger partial charge in [-0.2, -0.15) is 0 Å². The summed E-state index contributed by atoms with van der Waals surface area (Å²) in [5.41, 5.74) is 2.39. The van der Waals surface area contributed by atoms with Crippen LogP contribution in [0.2, 0.25) is 0 Å². The van der Waals surface area contributed by atoms with Crippen LogP contribution in [0.3, 0.4) is 0 Å². The van der Waals surface area contributed by atoms with Gasteiger partial charge in [-0.3, -0.25) is 9.59 Å². The number of benzene rings is 3. The maximum Gasteiger partial charge on any atom is 0.298 e. The molecule has 0 unspecified atom stereocenters. The fourth-order valence-corrected chi connectivity index (χ4v) is 4.85. The Bertz CT molecular complexity index is 1170. The van der Waals surface area contributed by atoms with E-state index in [-0.39, 0.29) is 11.1 Å². The molecule has 0 aromatic heterocycles. The molecule has 4 rings (SSSR count). The van der Waals surface area contributed by atoms with Gasteiger partial charge in [0, 0.05) is 0 Å². The Morgan fingerprint density at radius 3 is 2.34 bits per heavy atom. The van der Waals surface area contributed by atoms with Crippen LogP contribution >= 0.6 is 34.4 Å². The molecule has 162 valence electrons. The lowest BCUT2D eigenvalue weighted by Gasteiger charge is -2.15. The molecule has 0 aliphatic carbocycles. The monoisotopic (exact) mass is 557 g/mol. The van der Waals surface area contributed by atoms with Crippen molar-refractivity contribution in [1.29, 1.82) is 0 Å². The summed E-state index contributed by atoms with van der Waals surface area (Å²) in [7, 11) is 0. The highest BCUT2D eigenvalue weighted by Gasteiger charge is 2.36. The van der Waals surface area contributed by atoms with Gasteiger partial charge in [0.2, 0.25) is 0 Å². The number of rotatable bonds is 7. The maximum atomic E-state index is 12.9. The number of amides is 2. The van der Waals surface area contributed by atoms with Crippen LogP contribution in [0.25, 0.3) is 6.08 Å². The van der Waals surface area contributed by atoms with Crippen molar-refractivity contribution in [2.45, 2.75) is 13.5 Å². The largest absolute Gasteiger partial charge is 0.490 e. The van der Waals surface area contributed by atoms with Gasteiger partial charge in [0.25, 0.3) is 11.1 Å². The van der Waals surface area contributed by atoms with E-state index in [9.17, 15) is 9.59 Å². The molecule has 0 saturated carbocycles. The molecule has 5 nitrogen and oxygen atoms in total. The average molecular weight is 557 g/mol. The molecule has 0 radical (unpaired) electrons. The molecule has 1 fully saturated rings. The van der Waals surface area contributed by atoms with E-state index in [0.29, 0.717) is 35.3 Å². The first kappa shape index (κ1) is 22.4. The number of thioether (sulfide) groups is 1. The normalized spacial score (nSPS) is 14.8. The van der Waals surface area contributed by atoms with Crippen molar-refractivity contribution < 1.29 is 19.1 Å². The molecular weight excluding hydrogens is 537 g/mol. The van der Waals surface area contributed by atoms with Crippen molar-refractivity contribution in [3.8, 4) is 11.5 Å². The van der Waals surface area contributed by atoms with E-state index < -0.39 is 0 Å². The molecule has 0 spiro atoms. The lowest BCUT2D eigenvalue weighted by atomic mass is 10.1. The lowest BCUT2D eigenvalue weighted by Crippen LogP contribution is -2.27. The standard InChI is InChI=1S/C25H20INO4S/c1-2-30-21-14-18(13-20(26)23(21)31-16-17-9-5-3-6-10-17)15-22-24(28)27(25(29)32-22)19-11-7-4-8-12-19/h3-15H,2,16H2,1H3/b22-15-. The third kappa shape index (κ3) is 4.99. The highest BCUT2D eigenvalue weighted by atomic mass is 127. The van der Waals surface area contributed by atoms with Crippen LogP contribution in [-0.2, 0) is 11.4 Å². The molecule has 1 aliphatic rings. The second kappa shape index (κ2) is 10.2. The second-order valence-electron chi connectivity index (χ2n) is 6.89. The molecule has 1 aliphatic heterocycles. The SMILES string of the molecule is CCOc1cc(/C=C2\SC(=O)N(c3ccccc3)C2=O)cc(I)c1OCc1ccccc1. The highest BCUT2D eigenvalue weighted by molar-refractivity contribution is 14.1.